The summed E-state index contributed by atoms with van der Waals surface area (Å²) in [6, 6.07) is 0.818. The maximum Gasteiger partial charge on any atom is 0.433 e. The molecule has 1 saturated heterocycles. The van der Waals surface area contributed by atoms with Crippen LogP contribution in [0.4, 0.5) is 19.0 Å². The van der Waals surface area contributed by atoms with E-state index in [9.17, 15) is 18.0 Å². The van der Waals surface area contributed by atoms with Gasteiger partial charge >= 0.3 is 6.18 Å². The summed E-state index contributed by atoms with van der Waals surface area (Å²) in [5.74, 6) is -0.446. The first-order valence-electron chi connectivity index (χ1n) is 5.78. The molecule has 20 heavy (non-hydrogen) atoms. The lowest BCUT2D eigenvalue weighted by atomic mass is 9.89. The van der Waals surface area contributed by atoms with Crippen molar-refractivity contribution in [3.63, 3.8) is 0 Å². The van der Waals surface area contributed by atoms with Crippen LogP contribution in [-0.4, -0.2) is 29.0 Å². The molecule has 5 nitrogen and oxygen atoms in total. The second-order valence-corrected chi connectivity index (χ2v) is 5.31. The lowest BCUT2D eigenvalue weighted by Gasteiger charge is -2.22. The summed E-state index contributed by atoms with van der Waals surface area (Å²) in [5.41, 5.74) is 3.40. The van der Waals surface area contributed by atoms with E-state index in [1.165, 1.54) is 0 Å². The topological polar surface area (TPSA) is 72.1 Å². The zero-order chi connectivity index (χ0) is 15.1. The van der Waals surface area contributed by atoms with Crippen LogP contribution in [0.25, 0.3) is 0 Å². The van der Waals surface area contributed by atoms with Crippen LogP contribution in [0.2, 0.25) is 5.28 Å². The van der Waals surface area contributed by atoms with Crippen LogP contribution in [-0.2, 0) is 11.0 Å². The highest BCUT2D eigenvalue weighted by molar-refractivity contribution is 6.28. The molecule has 2 rings (SSSR count). The van der Waals surface area contributed by atoms with Crippen molar-refractivity contribution >= 4 is 23.3 Å². The van der Waals surface area contributed by atoms with Crippen molar-refractivity contribution < 1.29 is 18.0 Å². The molecule has 1 unspecified atom stereocenters. The third kappa shape index (κ3) is 2.79. The van der Waals surface area contributed by atoms with Gasteiger partial charge in [-0.15, -0.1) is 0 Å². The highest BCUT2D eigenvalue weighted by Gasteiger charge is 2.40. The zero-order valence-corrected chi connectivity index (χ0v) is 11.3. The van der Waals surface area contributed by atoms with Gasteiger partial charge in [0.25, 0.3) is 0 Å². The molecule has 1 amide bonds. The van der Waals surface area contributed by atoms with E-state index in [-0.39, 0.29) is 12.4 Å². The molecule has 0 radical (unpaired) electrons. The Kier molecular flexibility index (Phi) is 3.53. The Bertz CT molecular complexity index is 551. The highest BCUT2D eigenvalue weighted by atomic mass is 35.5. The van der Waals surface area contributed by atoms with Crippen LogP contribution in [0.1, 0.15) is 19.0 Å². The van der Waals surface area contributed by atoms with Crippen LogP contribution in [0.15, 0.2) is 6.07 Å². The minimum atomic E-state index is -4.60. The van der Waals surface area contributed by atoms with Crippen molar-refractivity contribution in [1.82, 2.24) is 9.97 Å². The number of carbonyl (C=O) groups is 1. The third-order valence-corrected chi connectivity index (χ3v) is 3.54. The van der Waals surface area contributed by atoms with Crippen molar-refractivity contribution in [3.05, 3.63) is 17.0 Å². The fourth-order valence-corrected chi connectivity index (χ4v) is 2.25. The smallest absolute Gasteiger partial charge is 0.369 e. The van der Waals surface area contributed by atoms with Gasteiger partial charge in [0, 0.05) is 19.2 Å². The maximum absolute atomic E-state index is 12.7. The van der Waals surface area contributed by atoms with Crippen molar-refractivity contribution in [2.45, 2.75) is 19.5 Å². The normalized spacial score (nSPS) is 23.1. The molecule has 0 bridgehead atoms. The molecule has 0 aliphatic carbocycles. The molecule has 1 fully saturated rings. The van der Waals surface area contributed by atoms with E-state index < -0.39 is 28.5 Å². The van der Waals surface area contributed by atoms with E-state index >= 15 is 0 Å². The van der Waals surface area contributed by atoms with Gasteiger partial charge in [-0.25, -0.2) is 9.97 Å². The van der Waals surface area contributed by atoms with Crippen LogP contribution >= 0.6 is 11.6 Å². The quantitative estimate of drug-likeness (QED) is 0.846. The number of anilines is 1. The highest BCUT2D eigenvalue weighted by Crippen LogP contribution is 2.35. The molecule has 2 N–H and O–H groups in total. The first-order valence-corrected chi connectivity index (χ1v) is 6.16. The zero-order valence-electron chi connectivity index (χ0n) is 10.5. The second kappa shape index (κ2) is 4.76. The number of primary amides is 1. The van der Waals surface area contributed by atoms with E-state index in [0.29, 0.717) is 13.0 Å². The van der Waals surface area contributed by atoms with E-state index in [4.69, 9.17) is 17.3 Å². The summed E-state index contributed by atoms with van der Waals surface area (Å²) in [5, 5.41) is -0.484. The predicted octanol–water partition coefficient (Wildman–Crippen LogP) is 1.85. The summed E-state index contributed by atoms with van der Waals surface area (Å²) in [4.78, 5) is 19.8. The number of rotatable bonds is 2. The van der Waals surface area contributed by atoms with Gasteiger partial charge in [0.2, 0.25) is 11.2 Å². The number of nitrogens with two attached hydrogens (primary N) is 1. The Morgan fingerprint density at radius 3 is 2.65 bits per heavy atom. The number of aromatic nitrogens is 2. The third-order valence-electron chi connectivity index (χ3n) is 3.37. The summed E-state index contributed by atoms with van der Waals surface area (Å²) in [6.07, 6.45) is -4.15. The number of nitrogens with zero attached hydrogens (tertiary/aromatic N) is 3. The number of amides is 1. The lowest BCUT2D eigenvalue weighted by Crippen LogP contribution is -2.37. The SMILES string of the molecule is CC1(C(N)=O)CCN(c2cc(C(F)(F)F)nc(Cl)n2)C1. The molecule has 0 saturated carbocycles. The molecule has 1 aromatic heterocycles. The van der Waals surface area contributed by atoms with E-state index in [1.54, 1.807) is 11.8 Å². The van der Waals surface area contributed by atoms with Gasteiger partial charge in [-0.1, -0.05) is 0 Å². The van der Waals surface area contributed by atoms with Crippen LogP contribution < -0.4 is 10.6 Å². The molecule has 9 heteroatoms. The van der Waals surface area contributed by atoms with Gasteiger partial charge in [0.05, 0.1) is 5.41 Å². The van der Waals surface area contributed by atoms with E-state index in [0.717, 1.165) is 6.07 Å². The minimum absolute atomic E-state index is 0.0438. The molecule has 110 valence electrons. The minimum Gasteiger partial charge on any atom is -0.369 e. The number of halogens is 4. The Morgan fingerprint density at radius 1 is 1.50 bits per heavy atom. The first-order chi connectivity index (χ1) is 9.12. The van der Waals surface area contributed by atoms with Gasteiger partial charge in [0.1, 0.15) is 5.82 Å². The Hall–Kier alpha value is -1.57. The fraction of sp³-hybridized carbons (Fsp3) is 0.545. The molecule has 1 atom stereocenters. The standard InChI is InChI=1S/C11H12ClF3N4O/c1-10(8(16)20)2-3-19(5-10)7-4-6(11(13,14)15)17-9(12)18-7/h4H,2-3,5H2,1H3,(H2,16,20). The largest absolute Gasteiger partial charge is 0.433 e. The summed E-state index contributed by atoms with van der Waals surface area (Å²) in [7, 11) is 0. The maximum atomic E-state index is 12.7. The van der Waals surface area contributed by atoms with Gasteiger partial charge in [0.15, 0.2) is 5.69 Å². The van der Waals surface area contributed by atoms with Gasteiger partial charge < -0.3 is 10.6 Å². The molecule has 1 aliphatic heterocycles. The fourth-order valence-electron chi connectivity index (χ4n) is 2.07. The molecule has 1 aliphatic rings. The molecular formula is C11H12ClF3N4O. The average Bonchev–Trinajstić information content (AvgIpc) is 2.71. The molecule has 0 spiro atoms. The van der Waals surface area contributed by atoms with Crippen LogP contribution in [0, 0.1) is 5.41 Å². The van der Waals surface area contributed by atoms with Gasteiger partial charge in [-0.3, -0.25) is 4.79 Å². The van der Waals surface area contributed by atoms with Crippen LogP contribution in [0.3, 0.4) is 0 Å². The average molecular weight is 309 g/mol. The monoisotopic (exact) mass is 308 g/mol. The Morgan fingerprint density at radius 2 is 2.15 bits per heavy atom. The van der Waals surface area contributed by atoms with Crippen molar-refractivity contribution in [3.8, 4) is 0 Å². The molecule has 2 heterocycles. The van der Waals surface area contributed by atoms with E-state index in [1.807, 2.05) is 0 Å². The molecular weight excluding hydrogens is 297 g/mol. The molecule has 0 aromatic carbocycles. The summed E-state index contributed by atoms with van der Waals surface area (Å²) in [6.45, 7) is 2.25. The first kappa shape index (κ1) is 14.8. The van der Waals surface area contributed by atoms with Crippen molar-refractivity contribution in [2.24, 2.45) is 11.1 Å². The Labute approximate surface area is 117 Å². The molecule has 1 aromatic rings. The van der Waals surface area contributed by atoms with Crippen molar-refractivity contribution in [1.29, 1.82) is 0 Å². The number of hydrogen-bond acceptors (Lipinski definition) is 4. The Balaban J connectivity index is 2.31. The van der Waals surface area contributed by atoms with Crippen LogP contribution in [0.5, 0.6) is 0 Å². The summed E-state index contributed by atoms with van der Waals surface area (Å²) < 4.78 is 38.0. The van der Waals surface area contributed by atoms with E-state index in [2.05, 4.69) is 9.97 Å². The number of alkyl halides is 3. The summed E-state index contributed by atoms with van der Waals surface area (Å²) >= 11 is 5.53. The number of hydrogen-bond donors (Lipinski definition) is 1. The van der Waals surface area contributed by atoms with Crippen molar-refractivity contribution in [2.75, 3.05) is 18.0 Å². The van der Waals surface area contributed by atoms with Gasteiger partial charge in [-0.05, 0) is 24.9 Å². The van der Waals surface area contributed by atoms with Gasteiger partial charge in [-0.2, -0.15) is 13.2 Å². The lowest BCUT2D eigenvalue weighted by molar-refractivity contribution is -0.141. The second-order valence-electron chi connectivity index (χ2n) is 4.97. The predicted molar refractivity (Wildman–Crippen MR) is 66.2 cm³/mol. The number of carbonyl (C=O) groups excluding carboxylic acids is 1.